The highest BCUT2D eigenvalue weighted by molar-refractivity contribution is 5.37. The lowest BCUT2D eigenvalue weighted by Crippen LogP contribution is -2.09. The topological polar surface area (TPSA) is 74.6 Å². The van der Waals surface area contributed by atoms with Gasteiger partial charge in [0.2, 0.25) is 0 Å². The first-order chi connectivity index (χ1) is 6.24. The van der Waals surface area contributed by atoms with Crippen LogP contribution in [0.4, 0.5) is 0 Å². The summed E-state index contributed by atoms with van der Waals surface area (Å²) in [5, 5.41) is 25.0. The third kappa shape index (κ3) is 5.07. The van der Waals surface area contributed by atoms with Gasteiger partial charge in [-0.15, -0.1) is 0 Å². The number of rotatable bonds is 3. The summed E-state index contributed by atoms with van der Waals surface area (Å²) in [6, 6.07) is 5.40. The van der Waals surface area contributed by atoms with Crippen LogP contribution in [0.25, 0.3) is 0 Å². The van der Waals surface area contributed by atoms with Gasteiger partial charge >= 0.3 is 0 Å². The molecule has 0 bridgehead atoms. The lowest BCUT2D eigenvalue weighted by molar-refractivity contribution is 0.515. The molecule has 0 aliphatic carbocycles. The van der Waals surface area contributed by atoms with Crippen LogP contribution in [0.2, 0.25) is 0 Å². The van der Waals surface area contributed by atoms with E-state index in [9.17, 15) is 0 Å². The third-order valence-electron chi connectivity index (χ3n) is 1.16. The minimum atomic E-state index is 0.0432. The van der Waals surface area contributed by atoms with Crippen LogP contribution in [-0.2, 0) is 0 Å². The van der Waals surface area contributed by atoms with Crippen molar-refractivity contribution in [3.05, 3.63) is 23.9 Å². The van der Waals surface area contributed by atoms with Crippen molar-refractivity contribution in [1.29, 1.82) is 15.8 Å². The smallest absolute Gasteiger partial charge is 0.129 e. The van der Waals surface area contributed by atoms with Gasteiger partial charge in [-0.25, -0.2) is 0 Å². The van der Waals surface area contributed by atoms with Gasteiger partial charge in [-0.1, -0.05) is 0 Å². The largest absolute Gasteiger partial charge is 0.367 e. The Labute approximate surface area is 77.2 Å². The van der Waals surface area contributed by atoms with Gasteiger partial charge in [-0.2, -0.15) is 15.8 Å². The standard InChI is InChI=1S/C9H8N4/c1-13(6-4-10)5-2-3-9(7-11)8-12/h2-3,5H,6H2,1H3. The maximum atomic E-state index is 8.35. The van der Waals surface area contributed by atoms with Crippen molar-refractivity contribution in [3.63, 3.8) is 0 Å². The summed E-state index contributed by atoms with van der Waals surface area (Å²) >= 11 is 0. The fraction of sp³-hybridized carbons (Fsp3) is 0.222. The molecule has 0 aliphatic heterocycles. The summed E-state index contributed by atoms with van der Waals surface area (Å²) in [7, 11) is 1.73. The van der Waals surface area contributed by atoms with Crippen LogP contribution < -0.4 is 0 Å². The molecular weight excluding hydrogens is 164 g/mol. The van der Waals surface area contributed by atoms with E-state index < -0.39 is 0 Å². The Morgan fingerprint density at radius 2 is 1.92 bits per heavy atom. The second kappa shape index (κ2) is 6.46. The molecule has 0 amide bonds. The molecule has 4 heteroatoms. The van der Waals surface area contributed by atoms with Gasteiger partial charge in [0.25, 0.3) is 0 Å². The van der Waals surface area contributed by atoms with Gasteiger partial charge in [-0.05, 0) is 18.4 Å². The average molecular weight is 172 g/mol. The van der Waals surface area contributed by atoms with Crippen LogP contribution in [0.15, 0.2) is 23.9 Å². The molecule has 0 aromatic rings. The zero-order valence-corrected chi connectivity index (χ0v) is 7.23. The number of hydrogen-bond acceptors (Lipinski definition) is 4. The third-order valence-corrected chi connectivity index (χ3v) is 1.16. The van der Waals surface area contributed by atoms with E-state index in [0.29, 0.717) is 0 Å². The predicted octanol–water partition coefficient (Wildman–Crippen LogP) is 0.929. The average Bonchev–Trinajstić information content (AvgIpc) is 2.13. The second-order valence-corrected chi connectivity index (χ2v) is 2.22. The summed E-state index contributed by atoms with van der Waals surface area (Å²) in [4.78, 5) is 1.64. The summed E-state index contributed by atoms with van der Waals surface area (Å²) in [5.74, 6) is 0. The second-order valence-electron chi connectivity index (χ2n) is 2.22. The van der Waals surface area contributed by atoms with Crippen LogP contribution in [0, 0.1) is 34.0 Å². The summed E-state index contributed by atoms with van der Waals surface area (Å²) in [6.07, 6.45) is 4.57. The lowest BCUT2D eigenvalue weighted by Gasteiger charge is -2.05. The molecule has 0 radical (unpaired) electrons. The van der Waals surface area contributed by atoms with E-state index in [4.69, 9.17) is 15.8 Å². The van der Waals surface area contributed by atoms with Crippen molar-refractivity contribution in [1.82, 2.24) is 4.90 Å². The molecule has 0 N–H and O–H groups in total. The highest BCUT2D eigenvalue weighted by Crippen LogP contribution is 1.91. The van der Waals surface area contributed by atoms with Crippen molar-refractivity contribution in [2.24, 2.45) is 0 Å². The summed E-state index contributed by atoms with van der Waals surface area (Å²) in [6.45, 7) is 0.277. The summed E-state index contributed by atoms with van der Waals surface area (Å²) < 4.78 is 0. The molecule has 0 fully saturated rings. The number of nitriles is 3. The minimum Gasteiger partial charge on any atom is -0.367 e. The van der Waals surface area contributed by atoms with Crippen LogP contribution in [0.1, 0.15) is 0 Å². The van der Waals surface area contributed by atoms with Gasteiger partial charge in [0, 0.05) is 7.05 Å². The van der Waals surface area contributed by atoms with Gasteiger partial charge in [0.15, 0.2) is 0 Å². The van der Waals surface area contributed by atoms with E-state index in [0.717, 1.165) is 0 Å². The molecular formula is C9H8N4. The van der Waals surface area contributed by atoms with Crippen molar-refractivity contribution >= 4 is 0 Å². The molecule has 13 heavy (non-hydrogen) atoms. The van der Waals surface area contributed by atoms with E-state index >= 15 is 0 Å². The van der Waals surface area contributed by atoms with Crippen LogP contribution in [0.5, 0.6) is 0 Å². The number of nitrogens with zero attached hydrogens (tertiary/aromatic N) is 4. The predicted molar refractivity (Wildman–Crippen MR) is 46.7 cm³/mol. The summed E-state index contributed by atoms with van der Waals surface area (Å²) in [5.41, 5.74) is 0.0432. The SMILES string of the molecule is CN(C=CC=C(C#N)C#N)CC#N. The molecule has 0 heterocycles. The molecule has 0 aromatic carbocycles. The monoisotopic (exact) mass is 172 g/mol. The van der Waals surface area contributed by atoms with Crippen LogP contribution >= 0.6 is 0 Å². The Balaban J connectivity index is 4.18. The Morgan fingerprint density at radius 1 is 1.31 bits per heavy atom. The first kappa shape index (κ1) is 10.8. The van der Waals surface area contributed by atoms with E-state index in [-0.39, 0.29) is 12.1 Å². The maximum Gasteiger partial charge on any atom is 0.129 e. The molecule has 0 unspecified atom stereocenters. The van der Waals surface area contributed by atoms with Gasteiger partial charge in [-0.3, -0.25) is 0 Å². The van der Waals surface area contributed by atoms with Crippen LogP contribution in [-0.4, -0.2) is 18.5 Å². The molecule has 0 rings (SSSR count). The van der Waals surface area contributed by atoms with E-state index in [1.165, 1.54) is 6.08 Å². The van der Waals surface area contributed by atoms with Crippen LogP contribution in [0.3, 0.4) is 0 Å². The Kier molecular flexibility index (Phi) is 5.34. The molecule has 0 aliphatic rings. The molecule has 0 saturated heterocycles. The Bertz CT molecular complexity index is 316. The fourth-order valence-electron chi connectivity index (χ4n) is 0.550. The molecule has 0 saturated carbocycles. The zero-order chi connectivity index (χ0) is 10.1. The fourth-order valence-corrected chi connectivity index (χ4v) is 0.550. The van der Waals surface area contributed by atoms with Gasteiger partial charge in [0.05, 0.1) is 6.07 Å². The van der Waals surface area contributed by atoms with E-state index in [2.05, 4.69) is 0 Å². The lowest BCUT2D eigenvalue weighted by atomic mass is 10.3. The number of allylic oxidation sites excluding steroid dienone is 3. The zero-order valence-electron chi connectivity index (χ0n) is 7.23. The molecule has 0 spiro atoms. The van der Waals surface area contributed by atoms with Crippen molar-refractivity contribution < 1.29 is 0 Å². The quantitative estimate of drug-likeness (QED) is 0.360. The van der Waals surface area contributed by atoms with E-state index in [1.807, 2.05) is 6.07 Å². The first-order valence-electron chi connectivity index (χ1n) is 3.50. The van der Waals surface area contributed by atoms with E-state index in [1.54, 1.807) is 36.4 Å². The van der Waals surface area contributed by atoms with Gasteiger partial charge in [0.1, 0.15) is 24.3 Å². The maximum absolute atomic E-state index is 8.35. The number of hydrogen-bond donors (Lipinski definition) is 0. The Hall–Kier alpha value is -2.25. The van der Waals surface area contributed by atoms with Gasteiger partial charge < -0.3 is 4.90 Å². The van der Waals surface area contributed by atoms with Crippen molar-refractivity contribution in [2.75, 3.05) is 13.6 Å². The normalized spacial score (nSPS) is 8.15. The molecule has 4 nitrogen and oxygen atoms in total. The highest BCUT2D eigenvalue weighted by atomic mass is 15.1. The highest BCUT2D eigenvalue weighted by Gasteiger charge is 1.88. The minimum absolute atomic E-state index is 0.0432. The molecule has 0 atom stereocenters. The van der Waals surface area contributed by atoms with Crippen molar-refractivity contribution in [2.45, 2.75) is 0 Å². The van der Waals surface area contributed by atoms with Crippen molar-refractivity contribution in [3.8, 4) is 18.2 Å². The first-order valence-corrected chi connectivity index (χ1v) is 3.50. The Morgan fingerprint density at radius 3 is 2.38 bits per heavy atom. The molecule has 0 aromatic heterocycles. The molecule has 64 valence electrons.